The molecular weight excluding hydrogens is 369 g/mol. The summed E-state index contributed by atoms with van der Waals surface area (Å²) in [6, 6.07) is 0.888. The van der Waals surface area contributed by atoms with Gasteiger partial charge < -0.3 is 5.32 Å². The molecule has 1 amide bonds. The molecule has 11 heteroatoms. The quantitative estimate of drug-likeness (QED) is 0.748. The number of hydrogen-bond donors (Lipinski definition) is 1. The molecule has 26 heavy (non-hydrogen) atoms. The van der Waals surface area contributed by atoms with Crippen LogP contribution in [-0.4, -0.2) is 30.1 Å². The first-order valence-corrected chi connectivity index (χ1v) is 8.47. The third-order valence-electron chi connectivity index (χ3n) is 3.68. The molecule has 3 heterocycles. The second-order valence-electron chi connectivity index (χ2n) is 5.99. The molecule has 0 aliphatic heterocycles. The summed E-state index contributed by atoms with van der Waals surface area (Å²) in [6.45, 7) is 5.53. The molecule has 0 fully saturated rings. The van der Waals surface area contributed by atoms with Crippen molar-refractivity contribution in [2.24, 2.45) is 0 Å². The fourth-order valence-electron chi connectivity index (χ4n) is 2.48. The highest BCUT2D eigenvalue weighted by atomic mass is 32.1. The smallest absolute Gasteiger partial charge is 0.347 e. The van der Waals surface area contributed by atoms with Crippen LogP contribution in [0, 0.1) is 6.92 Å². The van der Waals surface area contributed by atoms with E-state index in [9.17, 15) is 18.0 Å². The number of alkyl halides is 3. The highest BCUT2D eigenvalue weighted by Gasteiger charge is 2.35. The number of nitrogens with one attached hydrogen (secondary N) is 1. The lowest BCUT2D eigenvalue weighted by molar-refractivity contribution is -0.142. The minimum atomic E-state index is -4.60. The Kier molecular flexibility index (Phi) is 4.65. The zero-order chi connectivity index (χ0) is 19.1. The molecule has 0 saturated carbocycles. The lowest BCUT2D eigenvalue weighted by Gasteiger charge is -2.10. The average Bonchev–Trinajstić information content (AvgIpc) is 3.17. The summed E-state index contributed by atoms with van der Waals surface area (Å²) in [5.74, 6) is -0.411. The summed E-state index contributed by atoms with van der Waals surface area (Å²) in [7, 11) is 0. The van der Waals surface area contributed by atoms with Crippen LogP contribution in [0.3, 0.4) is 0 Å². The van der Waals surface area contributed by atoms with Gasteiger partial charge in [-0.05, 0) is 30.4 Å². The number of amides is 1. The SMILES string of the molecule is Cc1cc(C(F)(F)F)n2ncc(C(=O)NCc3snnc3C(C)C)c2n1. The molecule has 3 aromatic rings. The minimum Gasteiger partial charge on any atom is -0.347 e. The Bertz CT molecular complexity index is 962. The van der Waals surface area contributed by atoms with Gasteiger partial charge in [-0.1, -0.05) is 18.3 Å². The fraction of sp³-hybridized carbons (Fsp3) is 0.400. The molecule has 3 aromatic heterocycles. The van der Waals surface area contributed by atoms with E-state index in [1.807, 2.05) is 13.8 Å². The van der Waals surface area contributed by atoms with Crippen LogP contribution in [0.15, 0.2) is 12.3 Å². The predicted molar refractivity (Wildman–Crippen MR) is 87.9 cm³/mol. The van der Waals surface area contributed by atoms with Gasteiger partial charge in [-0.25, -0.2) is 9.50 Å². The van der Waals surface area contributed by atoms with E-state index in [4.69, 9.17) is 0 Å². The van der Waals surface area contributed by atoms with Gasteiger partial charge in [-0.3, -0.25) is 4.79 Å². The molecule has 0 spiro atoms. The number of carbonyl (C=O) groups excluding carboxylic acids is 1. The van der Waals surface area contributed by atoms with Crippen LogP contribution < -0.4 is 5.32 Å². The van der Waals surface area contributed by atoms with Gasteiger partial charge in [0.15, 0.2) is 5.65 Å². The third kappa shape index (κ3) is 3.39. The molecule has 0 aromatic carbocycles. The van der Waals surface area contributed by atoms with Crippen LogP contribution in [0.1, 0.15) is 52.1 Å². The second kappa shape index (κ2) is 6.63. The molecule has 0 aliphatic rings. The summed E-state index contributed by atoms with van der Waals surface area (Å²) in [5, 5.41) is 10.4. The summed E-state index contributed by atoms with van der Waals surface area (Å²) in [6.07, 6.45) is -3.52. The highest BCUT2D eigenvalue weighted by molar-refractivity contribution is 7.05. The van der Waals surface area contributed by atoms with Crippen LogP contribution in [0.4, 0.5) is 13.2 Å². The third-order valence-corrected chi connectivity index (χ3v) is 4.41. The molecule has 0 atom stereocenters. The van der Waals surface area contributed by atoms with Crippen molar-refractivity contribution in [3.63, 3.8) is 0 Å². The van der Waals surface area contributed by atoms with Gasteiger partial charge >= 0.3 is 6.18 Å². The molecule has 0 saturated heterocycles. The number of carbonyl (C=O) groups is 1. The van der Waals surface area contributed by atoms with E-state index in [-0.39, 0.29) is 29.4 Å². The van der Waals surface area contributed by atoms with Crippen LogP contribution in [0.5, 0.6) is 0 Å². The lowest BCUT2D eigenvalue weighted by Crippen LogP contribution is -2.23. The van der Waals surface area contributed by atoms with Crippen molar-refractivity contribution in [1.82, 2.24) is 29.5 Å². The molecule has 0 radical (unpaired) electrons. The van der Waals surface area contributed by atoms with Crippen molar-refractivity contribution >= 4 is 23.1 Å². The van der Waals surface area contributed by atoms with E-state index in [2.05, 4.69) is 25.0 Å². The van der Waals surface area contributed by atoms with E-state index in [1.54, 1.807) is 0 Å². The molecule has 138 valence electrons. The minimum absolute atomic E-state index is 0.0252. The van der Waals surface area contributed by atoms with E-state index in [1.165, 1.54) is 18.5 Å². The number of halogens is 3. The van der Waals surface area contributed by atoms with Crippen molar-refractivity contribution in [3.8, 4) is 0 Å². The summed E-state index contributed by atoms with van der Waals surface area (Å²) in [5.41, 5.74) is -0.214. The van der Waals surface area contributed by atoms with Gasteiger partial charge in [0.2, 0.25) is 0 Å². The lowest BCUT2D eigenvalue weighted by atomic mass is 10.1. The Labute approximate surface area is 150 Å². The Balaban J connectivity index is 1.90. The molecule has 7 nitrogen and oxygen atoms in total. The summed E-state index contributed by atoms with van der Waals surface area (Å²) >= 11 is 1.17. The molecule has 1 N–H and O–H groups in total. The van der Waals surface area contributed by atoms with Crippen molar-refractivity contribution < 1.29 is 18.0 Å². The Morgan fingerprint density at radius 2 is 2.12 bits per heavy atom. The molecule has 3 rings (SSSR count). The molecular formula is C15H15F3N6OS. The number of aryl methyl sites for hydroxylation is 1. The monoisotopic (exact) mass is 384 g/mol. The second-order valence-corrected chi connectivity index (χ2v) is 6.83. The molecule has 0 unspecified atom stereocenters. The number of rotatable bonds is 4. The van der Waals surface area contributed by atoms with Crippen molar-refractivity contribution in [2.75, 3.05) is 0 Å². The van der Waals surface area contributed by atoms with Crippen LogP contribution in [0.25, 0.3) is 5.65 Å². The topological polar surface area (TPSA) is 85.1 Å². The number of hydrogen-bond acceptors (Lipinski definition) is 6. The number of nitrogens with zero attached hydrogens (tertiary/aromatic N) is 5. The van der Waals surface area contributed by atoms with E-state index < -0.39 is 17.8 Å². The zero-order valence-electron chi connectivity index (χ0n) is 14.1. The number of aromatic nitrogens is 5. The largest absolute Gasteiger partial charge is 0.433 e. The van der Waals surface area contributed by atoms with Gasteiger partial charge in [0.05, 0.1) is 23.3 Å². The maximum atomic E-state index is 13.2. The molecule has 0 bridgehead atoms. The van der Waals surface area contributed by atoms with E-state index in [0.29, 0.717) is 4.52 Å². The highest BCUT2D eigenvalue weighted by Crippen LogP contribution is 2.30. The van der Waals surface area contributed by atoms with E-state index in [0.717, 1.165) is 22.8 Å². The zero-order valence-corrected chi connectivity index (χ0v) is 14.9. The van der Waals surface area contributed by atoms with Gasteiger partial charge in [0.1, 0.15) is 11.3 Å². The first kappa shape index (κ1) is 18.2. The van der Waals surface area contributed by atoms with Crippen molar-refractivity contribution in [1.29, 1.82) is 0 Å². The standard InChI is InChI=1S/C15H15F3N6OS/c1-7(2)12-10(26-23-22-12)6-19-14(25)9-5-20-24-11(15(16,17)18)4-8(3)21-13(9)24/h4-5,7H,6H2,1-3H3,(H,19,25). The average molecular weight is 384 g/mol. The Morgan fingerprint density at radius 1 is 1.38 bits per heavy atom. The fourth-order valence-corrected chi connectivity index (χ4v) is 3.21. The number of fused-ring (bicyclic) bond motifs is 1. The van der Waals surface area contributed by atoms with Crippen molar-refractivity contribution in [3.05, 3.63) is 39.8 Å². The van der Waals surface area contributed by atoms with Gasteiger partial charge in [0.25, 0.3) is 5.91 Å². The van der Waals surface area contributed by atoms with Crippen molar-refractivity contribution in [2.45, 2.75) is 39.4 Å². The summed E-state index contributed by atoms with van der Waals surface area (Å²) < 4.78 is 44.0. The van der Waals surface area contributed by atoms with Crippen LogP contribution in [-0.2, 0) is 12.7 Å². The van der Waals surface area contributed by atoms with Gasteiger partial charge in [-0.15, -0.1) is 5.10 Å². The Hall–Kier alpha value is -2.56. The molecule has 0 aliphatic carbocycles. The van der Waals surface area contributed by atoms with Gasteiger partial charge in [0, 0.05) is 5.69 Å². The normalized spacial score (nSPS) is 12.1. The summed E-state index contributed by atoms with van der Waals surface area (Å²) in [4.78, 5) is 17.3. The first-order chi connectivity index (χ1) is 12.2. The van der Waals surface area contributed by atoms with Crippen LogP contribution >= 0.6 is 11.5 Å². The maximum absolute atomic E-state index is 13.2. The maximum Gasteiger partial charge on any atom is 0.433 e. The predicted octanol–water partition coefficient (Wildman–Crippen LogP) is 2.96. The van der Waals surface area contributed by atoms with E-state index >= 15 is 0 Å². The van der Waals surface area contributed by atoms with Gasteiger partial charge in [-0.2, -0.15) is 18.3 Å². The Morgan fingerprint density at radius 3 is 2.77 bits per heavy atom. The first-order valence-electron chi connectivity index (χ1n) is 7.70. The van der Waals surface area contributed by atoms with Crippen LogP contribution in [0.2, 0.25) is 0 Å².